The largest absolute Gasteiger partial charge is 0.369 e. The smallest absolute Gasteiger partial charge is 0.227 e. The Morgan fingerprint density at radius 2 is 1.88 bits per heavy atom. The molecular formula is C24H34N6OS. The molecule has 0 aliphatic heterocycles. The molecule has 8 heteroatoms. The number of anilines is 1. The second kappa shape index (κ2) is 11.3. The van der Waals surface area contributed by atoms with Crippen LogP contribution in [0.2, 0.25) is 0 Å². The number of fused-ring (bicyclic) bond motifs is 1. The summed E-state index contributed by atoms with van der Waals surface area (Å²) in [6.45, 7) is 12.5. The van der Waals surface area contributed by atoms with Crippen molar-refractivity contribution < 1.29 is 4.79 Å². The summed E-state index contributed by atoms with van der Waals surface area (Å²) < 4.78 is 1.85. The Balaban J connectivity index is 1.74. The molecule has 7 nitrogen and oxygen atoms in total. The maximum Gasteiger partial charge on any atom is 0.227 e. The molecule has 172 valence electrons. The molecule has 1 amide bonds. The third-order valence-corrected chi connectivity index (χ3v) is 5.91. The maximum atomic E-state index is 12.8. The Bertz CT molecular complexity index is 1020. The molecule has 0 fully saturated rings. The molecule has 0 aliphatic rings. The molecule has 1 atom stereocenters. The molecule has 0 bridgehead atoms. The monoisotopic (exact) mass is 454 g/mol. The third-order valence-electron chi connectivity index (χ3n) is 5.04. The van der Waals surface area contributed by atoms with E-state index in [0.29, 0.717) is 24.3 Å². The summed E-state index contributed by atoms with van der Waals surface area (Å²) in [7, 11) is 0. The van der Waals surface area contributed by atoms with Crippen molar-refractivity contribution in [3.05, 3.63) is 42.1 Å². The topological polar surface area (TPSA) is 84.7 Å². The molecule has 1 aromatic carbocycles. The minimum Gasteiger partial charge on any atom is -0.369 e. The molecule has 0 radical (unpaired) electrons. The van der Waals surface area contributed by atoms with Gasteiger partial charge in [0.05, 0.1) is 24.0 Å². The Kier molecular flexibility index (Phi) is 8.50. The van der Waals surface area contributed by atoms with E-state index in [9.17, 15) is 4.79 Å². The van der Waals surface area contributed by atoms with Crippen molar-refractivity contribution >= 4 is 34.5 Å². The second-order valence-electron chi connectivity index (χ2n) is 8.56. The van der Waals surface area contributed by atoms with E-state index >= 15 is 0 Å². The van der Waals surface area contributed by atoms with Gasteiger partial charge in [-0.2, -0.15) is 5.10 Å². The van der Waals surface area contributed by atoms with Gasteiger partial charge in [0.2, 0.25) is 5.91 Å². The van der Waals surface area contributed by atoms with Crippen molar-refractivity contribution in [2.75, 3.05) is 18.4 Å². The number of amides is 1. The fraction of sp³-hybridized carbons (Fsp3) is 0.500. The van der Waals surface area contributed by atoms with Crippen LogP contribution in [0.1, 0.15) is 52.5 Å². The molecule has 3 rings (SSSR count). The number of thioether (sulfide) groups is 1. The van der Waals surface area contributed by atoms with Crippen molar-refractivity contribution in [3.63, 3.8) is 0 Å². The van der Waals surface area contributed by atoms with Crippen LogP contribution in [0.3, 0.4) is 0 Å². The summed E-state index contributed by atoms with van der Waals surface area (Å²) in [6, 6.07) is 9.92. The van der Waals surface area contributed by atoms with E-state index in [-0.39, 0.29) is 11.8 Å². The van der Waals surface area contributed by atoms with E-state index < -0.39 is 0 Å². The summed E-state index contributed by atoms with van der Waals surface area (Å²) in [5, 5.41) is 13.1. The summed E-state index contributed by atoms with van der Waals surface area (Å²) in [5.74, 6) is 1.22. The van der Waals surface area contributed by atoms with Crippen LogP contribution in [0.4, 0.5) is 5.82 Å². The SMILES string of the molecule is CCC(C(=O)NCCn1ncc2c(NCC(C)C)nc(SC(C)C)nc21)c1ccccc1. The van der Waals surface area contributed by atoms with E-state index in [1.807, 2.05) is 48.1 Å². The number of carbonyl (C=O) groups excluding carboxylic acids is 1. The molecular weight excluding hydrogens is 420 g/mol. The minimum atomic E-state index is -0.145. The van der Waals surface area contributed by atoms with Gasteiger partial charge in [-0.05, 0) is 17.9 Å². The highest BCUT2D eigenvalue weighted by Crippen LogP contribution is 2.26. The Labute approximate surface area is 194 Å². The molecule has 3 aromatic rings. The van der Waals surface area contributed by atoms with Crippen LogP contribution in [0, 0.1) is 5.92 Å². The number of nitrogens with zero attached hydrogens (tertiary/aromatic N) is 4. The van der Waals surface area contributed by atoms with Gasteiger partial charge < -0.3 is 10.6 Å². The molecule has 2 N–H and O–H groups in total. The number of rotatable bonds is 11. The van der Waals surface area contributed by atoms with Gasteiger partial charge in [-0.1, -0.05) is 76.7 Å². The summed E-state index contributed by atoms with van der Waals surface area (Å²) in [5.41, 5.74) is 1.83. The molecule has 0 saturated heterocycles. The standard InChI is InChI=1S/C24H34N6OS/c1-6-19(18-10-8-7-9-11-18)23(31)25-12-13-30-22-20(15-27-30)21(26-14-16(2)3)28-24(29-22)32-17(4)5/h7-11,15-17,19H,6,12-14H2,1-5H3,(H,25,31)(H,26,28,29). The lowest BCUT2D eigenvalue weighted by Crippen LogP contribution is -2.32. The number of hydrogen-bond donors (Lipinski definition) is 2. The predicted octanol–water partition coefficient (Wildman–Crippen LogP) is 4.70. The van der Waals surface area contributed by atoms with E-state index in [0.717, 1.165) is 40.5 Å². The van der Waals surface area contributed by atoms with Crippen molar-refractivity contribution in [1.82, 2.24) is 25.1 Å². The van der Waals surface area contributed by atoms with E-state index in [2.05, 4.69) is 43.4 Å². The van der Waals surface area contributed by atoms with Gasteiger partial charge in [-0.3, -0.25) is 4.79 Å². The highest BCUT2D eigenvalue weighted by atomic mass is 32.2. The lowest BCUT2D eigenvalue weighted by atomic mass is 9.96. The van der Waals surface area contributed by atoms with Gasteiger partial charge in [0.15, 0.2) is 10.8 Å². The lowest BCUT2D eigenvalue weighted by Gasteiger charge is -2.15. The summed E-state index contributed by atoms with van der Waals surface area (Å²) >= 11 is 1.63. The third kappa shape index (κ3) is 6.22. The minimum absolute atomic E-state index is 0.0418. The Hall–Kier alpha value is -2.61. The zero-order valence-electron chi connectivity index (χ0n) is 19.6. The van der Waals surface area contributed by atoms with Crippen LogP contribution in [0.25, 0.3) is 11.0 Å². The molecule has 1 unspecified atom stereocenters. The zero-order valence-corrected chi connectivity index (χ0v) is 20.4. The van der Waals surface area contributed by atoms with Crippen LogP contribution >= 0.6 is 11.8 Å². The lowest BCUT2D eigenvalue weighted by molar-refractivity contribution is -0.122. The molecule has 0 saturated carbocycles. The average molecular weight is 455 g/mol. The fourth-order valence-corrected chi connectivity index (χ4v) is 4.17. The Morgan fingerprint density at radius 1 is 1.12 bits per heavy atom. The van der Waals surface area contributed by atoms with Crippen molar-refractivity contribution in [3.8, 4) is 0 Å². The van der Waals surface area contributed by atoms with E-state index in [1.165, 1.54) is 0 Å². The van der Waals surface area contributed by atoms with Gasteiger partial charge in [0.25, 0.3) is 0 Å². The second-order valence-corrected chi connectivity index (χ2v) is 10.1. The number of benzene rings is 1. The molecule has 0 aliphatic carbocycles. The van der Waals surface area contributed by atoms with Crippen molar-refractivity contribution in [1.29, 1.82) is 0 Å². The Morgan fingerprint density at radius 3 is 2.53 bits per heavy atom. The van der Waals surface area contributed by atoms with Gasteiger partial charge in [0.1, 0.15) is 5.82 Å². The maximum absolute atomic E-state index is 12.8. The first-order chi connectivity index (χ1) is 15.4. The highest BCUT2D eigenvalue weighted by Gasteiger charge is 2.19. The first-order valence-electron chi connectivity index (χ1n) is 11.4. The van der Waals surface area contributed by atoms with Crippen molar-refractivity contribution in [2.45, 2.75) is 63.9 Å². The number of hydrogen-bond acceptors (Lipinski definition) is 6. The van der Waals surface area contributed by atoms with Gasteiger partial charge >= 0.3 is 0 Å². The molecule has 0 spiro atoms. The normalized spacial score (nSPS) is 12.5. The first-order valence-corrected chi connectivity index (χ1v) is 12.2. The van der Waals surface area contributed by atoms with E-state index in [4.69, 9.17) is 9.97 Å². The van der Waals surface area contributed by atoms with Gasteiger partial charge in [0, 0.05) is 18.3 Å². The first kappa shape index (κ1) is 24.0. The molecule has 2 heterocycles. The average Bonchev–Trinajstić information content (AvgIpc) is 3.16. The van der Waals surface area contributed by atoms with Crippen molar-refractivity contribution in [2.24, 2.45) is 5.92 Å². The fourth-order valence-electron chi connectivity index (χ4n) is 3.46. The summed E-state index contributed by atoms with van der Waals surface area (Å²) in [4.78, 5) is 22.2. The zero-order chi connectivity index (χ0) is 23.1. The number of nitrogens with one attached hydrogen (secondary N) is 2. The predicted molar refractivity (Wildman–Crippen MR) is 132 cm³/mol. The quantitative estimate of drug-likeness (QED) is 0.323. The summed E-state index contributed by atoms with van der Waals surface area (Å²) in [6.07, 6.45) is 2.57. The highest BCUT2D eigenvalue weighted by molar-refractivity contribution is 7.99. The van der Waals surface area contributed by atoms with Crippen LogP contribution in [0.5, 0.6) is 0 Å². The van der Waals surface area contributed by atoms with E-state index in [1.54, 1.807) is 11.8 Å². The van der Waals surface area contributed by atoms with Gasteiger partial charge in [-0.25, -0.2) is 14.6 Å². The number of carbonyl (C=O) groups is 1. The van der Waals surface area contributed by atoms with Crippen LogP contribution in [-0.4, -0.2) is 44.0 Å². The van der Waals surface area contributed by atoms with Crippen LogP contribution in [0.15, 0.2) is 41.7 Å². The number of aromatic nitrogens is 4. The van der Waals surface area contributed by atoms with Gasteiger partial charge in [-0.15, -0.1) is 0 Å². The molecule has 32 heavy (non-hydrogen) atoms. The molecule has 2 aromatic heterocycles. The van der Waals surface area contributed by atoms with Crippen LogP contribution in [-0.2, 0) is 11.3 Å². The van der Waals surface area contributed by atoms with Crippen LogP contribution < -0.4 is 10.6 Å².